The van der Waals surface area contributed by atoms with Gasteiger partial charge >= 0.3 is 11.9 Å². The van der Waals surface area contributed by atoms with E-state index in [4.69, 9.17) is 11.6 Å². The fourth-order valence-electron chi connectivity index (χ4n) is 2.67. The molecule has 0 radical (unpaired) electrons. The van der Waals surface area contributed by atoms with Crippen molar-refractivity contribution in [1.82, 2.24) is 0 Å². The normalized spacial score (nSPS) is 11.3. The van der Waals surface area contributed by atoms with Crippen molar-refractivity contribution in [3.05, 3.63) is 63.7 Å². The fourth-order valence-corrected chi connectivity index (χ4v) is 3.66. The number of aromatic carboxylic acids is 2. The largest absolute Gasteiger partial charge is 0.478 e. The van der Waals surface area contributed by atoms with Crippen molar-refractivity contribution in [2.75, 3.05) is 6.26 Å². The van der Waals surface area contributed by atoms with E-state index in [1.807, 2.05) is 0 Å². The highest BCUT2D eigenvalue weighted by molar-refractivity contribution is 7.90. The number of sulfone groups is 1. The maximum atomic E-state index is 11.5. The average Bonchev–Trinajstić information content (AvgIpc) is 2.55. The SMILES string of the molecule is CS(=O)(=O)c1ccc(CCCc2c(C(=O)O)cccc2C(=O)O)c(Cl)c1. The Labute approximate surface area is 156 Å². The van der Waals surface area contributed by atoms with Crippen LogP contribution in [0.2, 0.25) is 5.02 Å². The second-order valence-corrected chi connectivity index (χ2v) is 8.24. The molecule has 138 valence electrons. The average molecular weight is 397 g/mol. The van der Waals surface area contributed by atoms with E-state index in [0.717, 1.165) is 6.26 Å². The van der Waals surface area contributed by atoms with E-state index in [-0.39, 0.29) is 28.0 Å². The zero-order valence-corrected chi connectivity index (χ0v) is 15.5. The lowest BCUT2D eigenvalue weighted by Crippen LogP contribution is -2.10. The van der Waals surface area contributed by atoms with E-state index >= 15 is 0 Å². The van der Waals surface area contributed by atoms with Crippen LogP contribution in [0.3, 0.4) is 0 Å². The zero-order valence-electron chi connectivity index (χ0n) is 13.9. The van der Waals surface area contributed by atoms with E-state index < -0.39 is 21.8 Å². The third-order valence-electron chi connectivity index (χ3n) is 3.96. The molecule has 0 atom stereocenters. The van der Waals surface area contributed by atoms with E-state index in [9.17, 15) is 28.2 Å². The molecule has 0 aliphatic rings. The number of aryl methyl sites for hydroxylation is 1. The number of rotatable bonds is 7. The molecular formula is C18H17ClO6S. The van der Waals surface area contributed by atoms with Gasteiger partial charge < -0.3 is 10.2 Å². The van der Waals surface area contributed by atoms with Crippen LogP contribution < -0.4 is 0 Å². The molecule has 0 amide bonds. The molecule has 0 saturated heterocycles. The molecule has 0 aliphatic heterocycles. The van der Waals surface area contributed by atoms with E-state index in [2.05, 4.69) is 0 Å². The van der Waals surface area contributed by atoms with Gasteiger partial charge in [0.25, 0.3) is 0 Å². The highest BCUT2D eigenvalue weighted by Gasteiger charge is 2.18. The Morgan fingerprint density at radius 3 is 2.04 bits per heavy atom. The molecular weight excluding hydrogens is 380 g/mol. The number of carboxylic acids is 2. The molecule has 0 aliphatic carbocycles. The Bertz CT molecular complexity index is 933. The minimum atomic E-state index is -3.35. The molecule has 0 aromatic heterocycles. The number of hydrogen-bond donors (Lipinski definition) is 2. The molecule has 0 bridgehead atoms. The molecule has 0 fully saturated rings. The van der Waals surface area contributed by atoms with Gasteiger partial charge in [0.05, 0.1) is 16.0 Å². The third kappa shape index (κ3) is 4.62. The smallest absolute Gasteiger partial charge is 0.335 e. The minimum absolute atomic E-state index is 0.0385. The first-order valence-electron chi connectivity index (χ1n) is 7.68. The van der Waals surface area contributed by atoms with E-state index in [0.29, 0.717) is 23.4 Å². The van der Waals surface area contributed by atoms with Crippen LogP contribution in [0.25, 0.3) is 0 Å². The van der Waals surface area contributed by atoms with Crippen molar-refractivity contribution >= 4 is 33.4 Å². The predicted octanol–water partition coefficient (Wildman–Crippen LogP) is 3.32. The summed E-state index contributed by atoms with van der Waals surface area (Å²) in [4.78, 5) is 22.8. The van der Waals surface area contributed by atoms with Gasteiger partial charge in [-0.3, -0.25) is 0 Å². The van der Waals surface area contributed by atoms with Crippen molar-refractivity contribution in [3.63, 3.8) is 0 Å². The summed E-state index contributed by atoms with van der Waals surface area (Å²) in [5.41, 5.74) is 0.895. The standard InChI is InChI=1S/C18H17ClO6S/c1-26(24,25)12-9-8-11(16(19)10-12)4-2-5-13-14(17(20)21)6-3-7-15(13)18(22)23/h3,6-10H,2,4-5H2,1H3,(H,20,21)(H,22,23). The molecule has 0 heterocycles. The van der Waals surface area contributed by atoms with Crippen molar-refractivity contribution in [2.24, 2.45) is 0 Å². The van der Waals surface area contributed by atoms with Crippen molar-refractivity contribution in [2.45, 2.75) is 24.2 Å². The summed E-state index contributed by atoms with van der Waals surface area (Å²) in [6.07, 6.45) is 2.25. The van der Waals surface area contributed by atoms with Gasteiger partial charge in [0, 0.05) is 11.3 Å². The van der Waals surface area contributed by atoms with Crippen LogP contribution in [0.5, 0.6) is 0 Å². The Morgan fingerprint density at radius 2 is 1.58 bits per heavy atom. The summed E-state index contributed by atoms with van der Waals surface area (Å²) in [5, 5.41) is 18.8. The molecule has 2 aromatic rings. The molecule has 2 N–H and O–H groups in total. The monoisotopic (exact) mass is 396 g/mol. The molecule has 6 nitrogen and oxygen atoms in total. The van der Waals surface area contributed by atoms with Crippen molar-refractivity contribution in [3.8, 4) is 0 Å². The lowest BCUT2D eigenvalue weighted by atomic mass is 9.95. The topological polar surface area (TPSA) is 109 Å². The van der Waals surface area contributed by atoms with Gasteiger partial charge in [-0.25, -0.2) is 18.0 Å². The Balaban J connectivity index is 2.21. The summed E-state index contributed by atoms with van der Waals surface area (Å²) in [6.45, 7) is 0. The van der Waals surface area contributed by atoms with Crippen LogP contribution in [0.15, 0.2) is 41.3 Å². The second kappa shape index (κ2) is 7.88. The van der Waals surface area contributed by atoms with Crippen LogP contribution in [0.1, 0.15) is 38.3 Å². The molecule has 8 heteroatoms. The zero-order chi connectivity index (χ0) is 19.5. The highest BCUT2D eigenvalue weighted by Crippen LogP contribution is 2.24. The predicted molar refractivity (Wildman–Crippen MR) is 96.9 cm³/mol. The summed E-state index contributed by atoms with van der Waals surface area (Å²) in [7, 11) is -3.35. The molecule has 0 saturated carbocycles. The van der Waals surface area contributed by atoms with Gasteiger partial charge in [-0.05, 0) is 54.7 Å². The summed E-state index contributed by atoms with van der Waals surface area (Å²) in [5.74, 6) is -2.36. The number of halogens is 1. The van der Waals surface area contributed by atoms with Crippen LogP contribution in [-0.2, 0) is 22.7 Å². The van der Waals surface area contributed by atoms with Crippen molar-refractivity contribution in [1.29, 1.82) is 0 Å². The lowest BCUT2D eigenvalue weighted by molar-refractivity contribution is 0.0695. The van der Waals surface area contributed by atoms with Gasteiger partial charge in [0.1, 0.15) is 0 Å². The molecule has 2 rings (SSSR count). The number of benzene rings is 2. The number of carboxylic acid groups (broad SMARTS) is 2. The third-order valence-corrected chi connectivity index (χ3v) is 5.42. The number of carbonyl (C=O) groups is 2. The number of hydrogen-bond acceptors (Lipinski definition) is 4. The Morgan fingerprint density at radius 1 is 1.00 bits per heavy atom. The maximum absolute atomic E-state index is 11.5. The van der Waals surface area contributed by atoms with E-state index in [1.165, 1.54) is 30.3 Å². The Hall–Kier alpha value is -2.38. The minimum Gasteiger partial charge on any atom is -0.478 e. The van der Waals surface area contributed by atoms with Gasteiger partial charge in [-0.2, -0.15) is 0 Å². The molecule has 0 unspecified atom stereocenters. The van der Waals surface area contributed by atoms with Gasteiger partial charge in [-0.1, -0.05) is 23.7 Å². The summed E-state index contributed by atoms with van der Waals surface area (Å²) < 4.78 is 23.1. The van der Waals surface area contributed by atoms with Crippen LogP contribution in [0, 0.1) is 0 Å². The van der Waals surface area contributed by atoms with Crippen molar-refractivity contribution < 1.29 is 28.2 Å². The van der Waals surface area contributed by atoms with Crippen LogP contribution in [-0.4, -0.2) is 36.8 Å². The quantitative estimate of drug-likeness (QED) is 0.743. The first-order valence-corrected chi connectivity index (χ1v) is 9.95. The van der Waals surface area contributed by atoms with Gasteiger partial charge in [0.15, 0.2) is 9.84 Å². The first-order chi connectivity index (χ1) is 12.1. The fraction of sp³-hybridized carbons (Fsp3) is 0.222. The second-order valence-electron chi connectivity index (χ2n) is 5.82. The van der Waals surface area contributed by atoms with E-state index in [1.54, 1.807) is 6.07 Å². The molecule has 0 spiro atoms. The lowest BCUT2D eigenvalue weighted by Gasteiger charge is -2.11. The molecule has 2 aromatic carbocycles. The van der Waals surface area contributed by atoms with Crippen LogP contribution in [0.4, 0.5) is 0 Å². The van der Waals surface area contributed by atoms with Gasteiger partial charge in [-0.15, -0.1) is 0 Å². The van der Waals surface area contributed by atoms with Crippen LogP contribution >= 0.6 is 11.6 Å². The Kier molecular flexibility index (Phi) is 6.05. The van der Waals surface area contributed by atoms with Gasteiger partial charge in [0.2, 0.25) is 0 Å². The summed E-state index contributed by atoms with van der Waals surface area (Å²) >= 11 is 6.13. The molecule has 26 heavy (non-hydrogen) atoms. The summed E-state index contributed by atoms with van der Waals surface area (Å²) in [6, 6.07) is 8.59. The maximum Gasteiger partial charge on any atom is 0.335 e. The first kappa shape index (κ1) is 19.9. The highest BCUT2D eigenvalue weighted by atomic mass is 35.5.